The molecule has 27 heavy (non-hydrogen) atoms. The average molecular weight is 401 g/mol. The van der Waals surface area contributed by atoms with Crippen molar-refractivity contribution in [3.05, 3.63) is 58.4 Å². The summed E-state index contributed by atoms with van der Waals surface area (Å²) in [7, 11) is 0. The summed E-state index contributed by atoms with van der Waals surface area (Å²) >= 11 is 5.68. The van der Waals surface area contributed by atoms with Gasteiger partial charge < -0.3 is 10.2 Å². The predicted molar refractivity (Wildman–Crippen MR) is 98.9 cm³/mol. The van der Waals surface area contributed by atoms with Gasteiger partial charge in [-0.3, -0.25) is 4.79 Å². The quantitative estimate of drug-likeness (QED) is 0.836. The first kappa shape index (κ1) is 13.1. The molecule has 2 aromatic rings. The van der Waals surface area contributed by atoms with E-state index in [1.54, 1.807) is 6.92 Å². The molecular weight excluding hydrogens is 374 g/mol. The minimum absolute atomic E-state index is 0.182. The molecule has 2 heterocycles. The number of hydrogen-bond donors (Lipinski definition) is 1. The molecule has 5 nitrogen and oxygen atoms in total. The van der Waals surface area contributed by atoms with Crippen LogP contribution in [0.4, 0.5) is 8.78 Å². The summed E-state index contributed by atoms with van der Waals surface area (Å²) in [5.74, 6) is -2.06. The van der Waals surface area contributed by atoms with Gasteiger partial charge in [0.25, 0.3) is 5.91 Å². The van der Waals surface area contributed by atoms with Gasteiger partial charge in [0.05, 0.1) is 14.3 Å². The molecule has 3 rings (SSSR count). The number of aromatic nitrogens is 2. The lowest BCUT2D eigenvalue weighted by Gasteiger charge is -2.36. The van der Waals surface area contributed by atoms with E-state index in [-0.39, 0.29) is 16.4 Å². The molecule has 1 unspecified atom stereocenters. The van der Waals surface area contributed by atoms with Gasteiger partial charge in [0, 0.05) is 55.8 Å². The maximum absolute atomic E-state index is 15.8. The number of nitrogens with zero attached hydrogens (tertiary/aromatic N) is 3. The van der Waals surface area contributed by atoms with Crippen LogP contribution in [-0.4, -0.2) is 46.0 Å². The minimum Gasteiger partial charge on any atom is -0.338 e. The van der Waals surface area contributed by atoms with Crippen LogP contribution in [0.5, 0.6) is 0 Å². The molecule has 1 aromatic heterocycles. The highest BCUT2D eigenvalue weighted by Gasteiger charge is 2.36. The second-order valence-corrected chi connectivity index (χ2v) is 6.47. The number of amides is 1. The van der Waals surface area contributed by atoms with Gasteiger partial charge in [-0.25, -0.2) is 18.7 Å². The van der Waals surface area contributed by atoms with Crippen molar-refractivity contribution in [2.24, 2.45) is 0 Å². The number of nitrogens with one attached hydrogen (secondary N) is 1. The lowest BCUT2D eigenvalue weighted by molar-refractivity contribution is 0.0434. The van der Waals surface area contributed by atoms with E-state index in [1.807, 2.05) is 0 Å². The Balaban J connectivity index is 1.82. The SMILES string of the molecule is [2H]C([2H])(NCC1(F)CC([2H])([2H])N(C(=O)c2ccc(F)c(Cl)c2)CC1([2H])[2H])c1ncc(C)cn1. The van der Waals surface area contributed by atoms with Crippen molar-refractivity contribution >= 4 is 17.5 Å². The van der Waals surface area contributed by atoms with Crippen molar-refractivity contribution in [2.45, 2.75) is 31.9 Å². The number of alkyl halides is 1. The van der Waals surface area contributed by atoms with Gasteiger partial charge in [-0.15, -0.1) is 0 Å². The lowest BCUT2D eigenvalue weighted by Crippen LogP contribution is -2.48. The fourth-order valence-corrected chi connectivity index (χ4v) is 2.51. The van der Waals surface area contributed by atoms with Crippen LogP contribution in [0.1, 0.15) is 42.8 Å². The second kappa shape index (κ2) is 8.27. The first-order chi connectivity index (χ1) is 15.1. The monoisotopic (exact) mass is 400 g/mol. The molecule has 0 aliphatic carbocycles. The molecular formula is C19H21ClF2N4O. The van der Waals surface area contributed by atoms with Gasteiger partial charge in [-0.2, -0.15) is 0 Å². The van der Waals surface area contributed by atoms with E-state index in [2.05, 4.69) is 15.3 Å². The highest BCUT2D eigenvalue weighted by molar-refractivity contribution is 6.31. The molecule has 1 aliphatic heterocycles. The Morgan fingerprint density at radius 3 is 2.93 bits per heavy atom. The molecule has 1 amide bonds. The summed E-state index contributed by atoms with van der Waals surface area (Å²) in [5, 5.41) is 1.88. The van der Waals surface area contributed by atoms with E-state index in [4.69, 9.17) is 19.8 Å². The molecule has 1 aliphatic rings. The van der Waals surface area contributed by atoms with Crippen LogP contribution >= 0.6 is 11.6 Å². The van der Waals surface area contributed by atoms with E-state index < -0.39 is 56.3 Å². The number of rotatable bonds is 5. The highest BCUT2D eigenvalue weighted by Crippen LogP contribution is 2.27. The molecule has 1 aromatic carbocycles. The third-order valence-corrected chi connectivity index (χ3v) is 4.16. The van der Waals surface area contributed by atoms with Gasteiger partial charge in [-0.1, -0.05) is 11.6 Å². The number of piperidine rings is 1. The van der Waals surface area contributed by atoms with Gasteiger partial charge in [0.1, 0.15) is 17.3 Å². The Kier molecular flexibility index (Phi) is 4.02. The van der Waals surface area contributed by atoms with Crippen LogP contribution in [0.25, 0.3) is 0 Å². The molecule has 1 saturated heterocycles. The standard InChI is InChI=1S/C19H21ClF2N4O/c1-13-9-24-17(25-10-13)11-23-12-19(22)4-6-26(7-5-19)18(27)14-2-3-16(21)15(20)8-14/h2-3,8-10,23H,4-7,11-12H2,1H3/i4D2,7D2,11D2. The van der Waals surface area contributed by atoms with Crippen molar-refractivity contribution in [3.8, 4) is 0 Å². The Hall–Kier alpha value is -2.12. The second-order valence-electron chi connectivity index (χ2n) is 6.06. The number of carbonyl (C=O) groups is 1. The third kappa shape index (κ3) is 4.99. The van der Waals surface area contributed by atoms with Crippen LogP contribution in [0, 0.1) is 12.7 Å². The average Bonchev–Trinajstić information content (AvgIpc) is 2.71. The van der Waals surface area contributed by atoms with E-state index in [0.29, 0.717) is 10.5 Å². The van der Waals surface area contributed by atoms with E-state index in [9.17, 15) is 9.18 Å². The zero-order valence-corrected chi connectivity index (χ0v) is 15.1. The highest BCUT2D eigenvalue weighted by atomic mass is 35.5. The van der Waals surface area contributed by atoms with Crippen molar-refractivity contribution in [2.75, 3.05) is 19.6 Å². The predicted octanol–water partition coefficient (Wildman–Crippen LogP) is 3.31. The fourth-order valence-electron chi connectivity index (χ4n) is 2.33. The van der Waals surface area contributed by atoms with Gasteiger partial charge in [-0.05, 0) is 30.7 Å². The van der Waals surface area contributed by atoms with Crippen LogP contribution in [-0.2, 0) is 6.50 Å². The van der Waals surface area contributed by atoms with Crippen molar-refractivity contribution < 1.29 is 21.8 Å². The van der Waals surface area contributed by atoms with E-state index in [1.165, 1.54) is 12.4 Å². The minimum atomic E-state index is -2.88. The molecule has 0 saturated carbocycles. The number of likely N-dealkylation sites (tertiary alicyclic amines) is 1. The molecule has 1 fully saturated rings. The molecule has 8 heteroatoms. The normalized spacial score (nSPS) is 27.5. The number of carbonyl (C=O) groups excluding carboxylic acids is 1. The maximum atomic E-state index is 15.8. The molecule has 0 radical (unpaired) electrons. The lowest BCUT2D eigenvalue weighted by atomic mass is 9.92. The summed E-state index contributed by atoms with van der Waals surface area (Å²) in [4.78, 5) is 21.1. The Morgan fingerprint density at radius 1 is 1.48 bits per heavy atom. The Labute approximate surface area is 170 Å². The number of halogens is 3. The van der Waals surface area contributed by atoms with Gasteiger partial charge in [0.15, 0.2) is 0 Å². The van der Waals surface area contributed by atoms with Crippen LogP contribution in [0.2, 0.25) is 5.02 Å². The largest absolute Gasteiger partial charge is 0.338 e. The molecule has 144 valence electrons. The topological polar surface area (TPSA) is 58.1 Å². The summed E-state index contributed by atoms with van der Waals surface area (Å²) in [6.07, 6.45) is -1.09. The summed E-state index contributed by atoms with van der Waals surface area (Å²) < 4.78 is 78.2. The molecule has 0 bridgehead atoms. The first-order valence-corrected chi connectivity index (χ1v) is 8.46. The summed E-state index contributed by atoms with van der Waals surface area (Å²) in [6, 6.07) is 2.98. The number of hydrogen-bond acceptors (Lipinski definition) is 4. The van der Waals surface area contributed by atoms with E-state index in [0.717, 1.165) is 18.2 Å². The van der Waals surface area contributed by atoms with Crippen LogP contribution in [0.3, 0.4) is 0 Å². The maximum Gasteiger partial charge on any atom is 0.253 e. The number of benzene rings is 1. The van der Waals surface area contributed by atoms with Crippen LogP contribution < -0.4 is 5.32 Å². The van der Waals surface area contributed by atoms with Crippen molar-refractivity contribution in [1.29, 1.82) is 0 Å². The summed E-state index contributed by atoms with van der Waals surface area (Å²) in [6.45, 7) is -5.22. The van der Waals surface area contributed by atoms with E-state index >= 15 is 4.39 Å². The fraction of sp³-hybridized carbons (Fsp3) is 0.421. The zero-order chi connectivity index (χ0) is 24.8. The Bertz CT molecular complexity index is 1060. The van der Waals surface area contributed by atoms with Crippen LogP contribution in [0.15, 0.2) is 30.6 Å². The molecule has 1 N–H and O–H groups in total. The van der Waals surface area contributed by atoms with Gasteiger partial charge >= 0.3 is 0 Å². The smallest absolute Gasteiger partial charge is 0.253 e. The summed E-state index contributed by atoms with van der Waals surface area (Å²) in [5.41, 5.74) is -2.38. The first-order valence-electron chi connectivity index (χ1n) is 11.1. The molecule has 0 spiro atoms. The zero-order valence-electron chi connectivity index (χ0n) is 20.4. The number of aryl methyl sites for hydroxylation is 1. The van der Waals surface area contributed by atoms with Crippen molar-refractivity contribution in [1.82, 2.24) is 20.2 Å². The molecule has 1 atom stereocenters. The Morgan fingerprint density at radius 2 is 2.22 bits per heavy atom. The van der Waals surface area contributed by atoms with Gasteiger partial charge in [0.2, 0.25) is 0 Å². The van der Waals surface area contributed by atoms with Crippen molar-refractivity contribution in [3.63, 3.8) is 0 Å². The third-order valence-electron chi connectivity index (χ3n) is 3.87.